The van der Waals surface area contributed by atoms with Crippen molar-refractivity contribution in [3.05, 3.63) is 29.5 Å². The van der Waals surface area contributed by atoms with Gasteiger partial charge < -0.3 is 34.7 Å². The summed E-state index contributed by atoms with van der Waals surface area (Å²) in [5.74, 6) is 2.14. The summed E-state index contributed by atoms with van der Waals surface area (Å²) < 4.78 is 17.5. The molecule has 2 aromatic heterocycles. The van der Waals surface area contributed by atoms with Crippen molar-refractivity contribution in [1.29, 1.82) is 5.26 Å². The third kappa shape index (κ3) is 5.60. The molecule has 12 heteroatoms. The van der Waals surface area contributed by atoms with Gasteiger partial charge in [-0.1, -0.05) is 13.8 Å². The van der Waals surface area contributed by atoms with Gasteiger partial charge in [-0.2, -0.15) is 15.2 Å². The number of rotatable bonds is 7. The van der Waals surface area contributed by atoms with Crippen molar-refractivity contribution < 1.29 is 19.0 Å². The Hall–Kier alpha value is -4.08. The average molecular weight is 561 g/mol. The Bertz CT molecular complexity index is 1450. The first-order valence-corrected chi connectivity index (χ1v) is 14.4. The van der Waals surface area contributed by atoms with E-state index in [1.807, 2.05) is 11.0 Å². The van der Waals surface area contributed by atoms with Crippen LogP contribution in [0, 0.1) is 17.2 Å². The molecule has 0 unspecified atom stereocenters. The highest BCUT2D eigenvalue weighted by atomic mass is 16.6. The Labute approximate surface area is 239 Å². The van der Waals surface area contributed by atoms with Crippen LogP contribution in [0.25, 0.3) is 11.0 Å². The Morgan fingerprint density at radius 1 is 1.10 bits per heavy atom. The van der Waals surface area contributed by atoms with Crippen LogP contribution in [-0.2, 0) is 4.74 Å². The lowest BCUT2D eigenvalue weighted by atomic mass is 10.0. The molecule has 3 aliphatic heterocycles. The molecule has 41 heavy (non-hydrogen) atoms. The van der Waals surface area contributed by atoms with E-state index in [0.29, 0.717) is 95.9 Å². The highest BCUT2D eigenvalue weighted by Crippen LogP contribution is 2.42. The first kappa shape index (κ1) is 27.1. The molecular weight excluding hydrogens is 524 g/mol. The summed E-state index contributed by atoms with van der Waals surface area (Å²) in [5, 5.41) is 16.8. The summed E-state index contributed by atoms with van der Waals surface area (Å²) in [6.45, 7) is 10.5. The summed E-state index contributed by atoms with van der Waals surface area (Å²) in [5.41, 5.74) is 2.12. The minimum absolute atomic E-state index is 0.0491. The molecule has 0 radical (unpaired) electrons. The number of morpholine rings is 1. The Morgan fingerprint density at radius 3 is 2.59 bits per heavy atom. The number of amides is 1. The van der Waals surface area contributed by atoms with E-state index in [-0.39, 0.29) is 5.91 Å². The molecule has 216 valence electrons. The maximum absolute atomic E-state index is 13.6. The number of nitrogens with one attached hydrogen (secondary N) is 3. The predicted molar refractivity (Wildman–Crippen MR) is 154 cm³/mol. The number of fused-ring (bicyclic) bond motifs is 2. The van der Waals surface area contributed by atoms with Crippen LogP contribution < -0.4 is 20.1 Å². The van der Waals surface area contributed by atoms with E-state index < -0.39 is 0 Å². The van der Waals surface area contributed by atoms with Gasteiger partial charge in [-0.05, 0) is 30.9 Å². The highest BCUT2D eigenvalue weighted by Gasteiger charge is 2.31. The number of H-pyrrole nitrogens is 1. The third-order valence-corrected chi connectivity index (χ3v) is 7.81. The lowest BCUT2D eigenvalue weighted by molar-refractivity contribution is 0.00152. The van der Waals surface area contributed by atoms with Gasteiger partial charge in [0, 0.05) is 45.0 Å². The van der Waals surface area contributed by atoms with Crippen LogP contribution in [0.5, 0.6) is 11.5 Å². The molecule has 0 bridgehead atoms. The van der Waals surface area contributed by atoms with Crippen LogP contribution in [0.3, 0.4) is 0 Å². The zero-order valence-corrected chi connectivity index (χ0v) is 23.5. The summed E-state index contributed by atoms with van der Waals surface area (Å²) >= 11 is 0. The SMILES string of the molecule is CC(C)CNc1nc(Nc2ccc(C(=O)N3CCC(N4CCOCC4)CC3)c3c2OCCO3)nc2[nH]cc(C#N)c12. The molecule has 2 saturated heterocycles. The number of ether oxygens (including phenoxy) is 3. The van der Waals surface area contributed by atoms with Crippen molar-refractivity contribution in [2.45, 2.75) is 32.7 Å². The number of carbonyl (C=O) groups excluding carboxylic acids is 1. The van der Waals surface area contributed by atoms with Crippen LogP contribution in [0.1, 0.15) is 42.6 Å². The van der Waals surface area contributed by atoms with Crippen molar-refractivity contribution in [1.82, 2.24) is 24.8 Å². The summed E-state index contributed by atoms with van der Waals surface area (Å²) in [6.07, 6.45) is 3.53. The number of nitriles is 1. The van der Waals surface area contributed by atoms with Crippen molar-refractivity contribution in [2.75, 3.05) is 69.8 Å². The zero-order valence-electron chi connectivity index (χ0n) is 23.5. The second-order valence-corrected chi connectivity index (χ2v) is 11.0. The largest absolute Gasteiger partial charge is 0.485 e. The van der Waals surface area contributed by atoms with Crippen LogP contribution in [0.2, 0.25) is 0 Å². The molecule has 3 aromatic rings. The maximum atomic E-state index is 13.6. The Kier molecular flexibility index (Phi) is 7.80. The predicted octanol–water partition coefficient (Wildman–Crippen LogP) is 3.35. The molecule has 3 N–H and O–H groups in total. The Balaban J connectivity index is 1.23. The van der Waals surface area contributed by atoms with Gasteiger partial charge in [-0.15, -0.1) is 0 Å². The molecule has 0 atom stereocenters. The first-order chi connectivity index (χ1) is 20.0. The number of anilines is 3. The number of hydrogen-bond donors (Lipinski definition) is 3. The number of aromatic amines is 1. The monoisotopic (exact) mass is 560 g/mol. The molecule has 2 fully saturated rings. The molecule has 0 aliphatic carbocycles. The topological polar surface area (TPSA) is 141 Å². The third-order valence-electron chi connectivity index (χ3n) is 7.81. The summed E-state index contributed by atoms with van der Waals surface area (Å²) in [6, 6.07) is 6.28. The van der Waals surface area contributed by atoms with E-state index >= 15 is 0 Å². The van der Waals surface area contributed by atoms with Gasteiger partial charge in [-0.25, -0.2) is 0 Å². The maximum Gasteiger partial charge on any atom is 0.257 e. The summed E-state index contributed by atoms with van der Waals surface area (Å²) in [4.78, 5) is 30.4. The number of hydrogen-bond acceptors (Lipinski definition) is 10. The van der Waals surface area contributed by atoms with Crippen molar-refractivity contribution >= 4 is 34.4 Å². The number of carbonyl (C=O) groups is 1. The van der Waals surface area contributed by atoms with E-state index in [0.717, 1.165) is 39.1 Å². The van der Waals surface area contributed by atoms with Crippen LogP contribution in [-0.4, -0.2) is 95.9 Å². The van der Waals surface area contributed by atoms with E-state index in [1.54, 1.807) is 12.3 Å². The van der Waals surface area contributed by atoms with Crippen molar-refractivity contribution in [3.8, 4) is 17.6 Å². The molecule has 3 aliphatic rings. The smallest absolute Gasteiger partial charge is 0.257 e. The number of nitrogens with zero attached hydrogens (tertiary/aromatic N) is 5. The molecule has 6 rings (SSSR count). The van der Waals surface area contributed by atoms with E-state index in [1.165, 1.54) is 0 Å². The van der Waals surface area contributed by atoms with Crippen LogP contribution in [0.4, 0.5) is 17.5 Å². The molecular formula is C29H36N8O4. The number of aromatic nitrogens is 3. The van der Waals surface area contributed by atoms with Gasteiger partial charge in [-0.3, -0.25) is 9.69 Å². The highest BCUT2D eigenvalue weighted by molar-refractivity contribution is 5.99. The van der Waals surface area contributed by atoms with Crippen LogP contribution in [0.15, 0.2) is 18.3 Å². The number of benzene rings is 1. The van der Waals surface area contributed by atoms with Crippen molar-refractivity contribution in [3.63, 3.8) is 0 Å². The molecule has 0 saturated carbocycles. The molecule has 0 spiro atoms. The second kappa shape index (κ2) is 11.8. The fraction of sp³-hybridized carbons (Fsp3) is 0.517. The lowest BCUT2D eigenvalue weighted by Crippen LogP contribution is -2.50. The Morgan fingerprint density at radius 2 is 1.85 bits per heavy atom. The lowest BCUT2D eigenvalue weighted by Gasteiger charge is -2.40. The van der Waals surface area contributed by atoms with Crippen LogP contribution >= 0.6 is 0 Å². The van der Waals surface area contributed by atoms with Gasteiger partial charge >= 0.3 is 0 Å². The van der Waals surface area contributed by atoms with E-state index in [9.17, 15) is 10.1 Å². The van der Waals surface area contributed by atoms with Gasteiger partial charge in [0.2, 0.25) is 5.95 Å². The second-order valence-electron chi connectivity index (χ2n) is 11.0. The quantitative estimate of drug-likeness (QED) is 0.394. The van der Waals surface area contributed by atoms with Crippen molar-refractivity contribution in [2.24, 2.45) is 5.92 Å². The number of likely N-dealkylation sites (tertiary alicyclic amines) is 1. The number of piperidine rings is 1. The van der Waals surface area contributed by atoms with Gasteiger partial charge in [0.05, 0.1) is 35.4 Å². The standard InChI is InChI=1S/C29H36N8O4/c1-18(2)16-31-26-23-19(15-30)17-32-27(23)35-29(34-26)33-22-4-3-21(24-25(22)41-14-13-40-24)28(38)37-7-5-20(6-8-37)36-9-11-39-12-10-36/h3-4,17-18,20H,5-14,16H2,1-2H3,(H3,31,32,33,34,35). The summed E-state index contributed by atoms with van der Waals surface area (Å²) in [7, 11) is 0. The molecule has 5 heterocycles. The average Bonchev–Trinajstić information content (AvgIpc) is 3.43. The van der Waals surface area contributed by atoms with E-state index in [4.69, 9.17) is 14.2 Å². The molecule has 1 aromatic carbocycles. The molecule has 1 amide bonds. The minimum atomic E-state index is -0.0491. The minimum Gasteiger partial charge on any atom is -0.485 e. The van der Waals surface area contributed by atoms with E-state index in [2.05, 4.69) is 50.4 Å². The fourth-order valence-corrected chi connectivity index (χ4v) is 5.68. The normalized spacial score (nSPS) is 18.0. The zero-order chi connectivity index (χ0) is 28.3. The fourth-order valence-electron chi connectivity index (χ4n) is 5.68. The van der Waals surface area contributed by atoms with Gasteiger partial charge in [0.15, 0.2) is 11.5 Å². The van der Waals surface area contributed by atoms with Gasteiger partial charge in [0.25, 0.3) is 5.91 Å². The first-order valence-electron chi connectivity index (χ1n) is 14.4. The van der Waals surface area contributed by atoms with Gasteiger partial charge in [0.1, 0.15) is 30.7 Å². The molecule has 12 nitrogen and oxygen atoms in total.